The SMILES string of the molecule is Cc1nc2cc(C(C)C)ccc2n1C1CCN(C)CC1. The van der Waals surface area contributed by atoms with Crippen LogP contribution in [0, 0.1) is 6.92 Å². The molecule has 0 spiro atoms. The van der Waals surface area contributed by atoms with E-state index in [2.05, 4.69) is 55.5 Å². The van der Waals surface area contributed by atoms with E-state index in [4.69, 9.17) is 4.98 Å². The van der Waals surface area contributed by atoms with Crippen LogP contribution in [-0.4, -0.2) is 34.6 Å². The number of aromatic nitrogens is 2. The minimum absolute atomic E-state index is 0.563. The third-order valence-corrected chi connectivity index (χ3v) is 4.61. The van der Waals surface area contributed by atoms with Gasteiger partial charge in [-0.25, -0.2) is 4.98 Å². The van der Waals surface area contributed by atoms with Crippen LogP contribution in [0.4, 0.5) is 0 Å². The summed E-state index contributed by atoms with van der Waals surface area (Å²) < 4.78 is 2.46. The maximum absolute atomic E-state index is 4.80. The second-order valence-corrected chi connectivity index (χ2v) is 6.47. The van der Waals surface area contributed by atoms with Gasteiger partial charge in [-0.15, -0.1) is 0 Å². The first-order chi connectivity index (χ1) is 9.56. The van der Waals surface area contributed by atoms with Gasteiger partial charge in [0.25, 0.3) is 0 Å². The quantitative estimate of drug-likeness (QED) is 0.829. The number of piperidine rings is 1. The molecule has 20 heavy (non-hydrogen) atoms. The van der Waals surface area contributed by atoms with Crippen molar-refractivity contribution in [1.29, 1.82) is 0 Å². The Morgan fingerprint density at radius 1 is 1.20 bits per heavy atom. The molecular formula is C17H25N3. The Bertz CT molecular complexity index is 604. The van der Waals surface area contributed by atoms with Gasteiger partial charge in [0.05, 0.1) is 11.0 Å². The molecule has 0 N–H and O–H groups in total. The molecule has 1 aliphatic rings. The molecule has 0 bridgehead atoms. The van der Waals surface area contributed by atoms with Gasteiger partial charge in [-0.1, -0.05) is 19.9 Å². The van der Waals surface area contributed by atoms with Gasteiger partial charge in [0.2, 0.25) is 0 Å². The summed E-state index contributed by atoms with van der Waals surface area (Å²) in [6.07, 6.45) is 2.46. The highest BCUT2D eigenvalue weighted by atomic mass is 15.2. The third kappa shape index (κ3) is 2.35. The Morgan fingerprint density at radius 2 is 1.90 bits per heavy atom. The normalized spacial score (nSPS) is 18.2. The largest absolute Gasteiger partial charge is 0.325 e. The predicted octanol–water partition coefficient (Wildman–Crippen LogP) is 3.73. The Morgan fingerprint density at radius 3 is 2.55 bits per heavy atom. The van der Waals surface area contributed by atoms with Gasteiger partial charge in [-0.05, 0) is 63.5 Å². The van der Waals surface area contributed by atoms with E-state index >= 15 is 0 Å². The number of fused-ring (bicyclic) bond motifs is 1. The van der Waals surface area contributed by atoms with Gasteiger partial charge in [0, 0.05) is 6.04 Å². The van der Waals surface area contributed by atoms with E-state index in [-0.39, 0.29) is 0 Å². The van der Waals surface area contributed by atoms with E-state index in [0.29, 0.717) is 12.0 Å². The molecule has 0 unspecified atom stereocenters. The Hall–Kier alpha value is -1.35. The van der Waals surface area contributed by atoms with Gasteiger partial charge in [0.15, 0.2) is 0 Å². The number of likely N-dealkylation sites (tertiary alicyclic amines) is 1. The third-order valence-electron chi connectivity index (χ3n) is 4.61. The van der Waals surface area contributed by atoms with E-state index in [0.717, 1.165) is 11.3 Å². The lowest BCUT2D eigenvalue weighted by Crippen LogP contribution is -2.31. The van der Waals surface area contributed by atoms with Gasteiger partial charge < -0.3 is 9.47 Å². The number of rotatable bonds is 2. The van der Waals surface area contributed by atoms with Crippen LogP contribution in [0.25, 0.3) is 11.0 Å². The van der Waals surface area contributed by atoms with E-state index in [1.807, 2.05) is 0 Å². The van der Waals surface area contributed by atoms with Crippen LogP contribution in [0.15, 0.2) is 18.2 Å². The lowest BCUT2D eigenvalue weighted by Gasteiger charge is -2.30. The first-order valence-electron chi connectivity index (χ1n) is 7.73. The predicted molar refractivity (Wildman–Crippen MR) is 84.3 cm³/mol. The van der Waals surface area contributed by atoms with Crippen molar-refractivity contribution in [2.24, 2.45) is 0 Å². The van der Waals surface area contributed by atoms with Crippen molar-refractivity contribution >= 4 is 11.0 Å². The second kappa shape index (κ2) is 5.21. The molecule has 1 fully saturated rings. The fourth-order valence-corrected chi connectivity index (χ4v) is 3.31. The summed E-state index contributed by atoms with van der Waals surface area (Å²) in [6.45, 7) is 9.00. The zero-order chi connectivity index (χ0) is 14.3. The number of aryl methyl sites for hydroxylation is 1. The van der Waals surface area contributed by atoms with Crippen molar-refractivity contribution in [3.05, 3.63) is 29.6 Å². The highest BCUT2D eigenvalue weighted by Crippen LogP contribution is 2.29. The standard InChI is InChI=1S/C17H25N3/c1-12(2)14-5-6-17-16(11-14)18-13(3)20(17)15-7-9-19(4)10-8-15/h5-6,11-12,15H,7-10H2,1-4H3. The molecule has 0 atom stereocenters. The smallest absolute Gasteiger partial charge is 0.106 e. The zero-order valence-electron chi connectivity index (χ0n) is 13.1. The van der Waals surface area contributed by atoms with Crippen molar-refractivity contribution in [2.45, 2.75) is 45.6 Å². The molecule has 3 nitrogen and oxygen atoms in total. The minimum Gasteiger partial charge on any atom is -0.325 e. The average molecular weight is 271 g/mol. The maximum Gasteiger partial charge on any atom is 0.106 e. The van der Waals surface area contributed by atoms with Gasteiger partial charge in [-0.3, -0.25) is 0 Å². The highest BCUT2D eigenvalue weighted by Gasteiger charge is 2.21. The number of nitrogens with zero attached hydrogens (tertiary/aromatic N) is 3. The summed E-state index contributed by atoms with van der Waals surface area (Å²) in [5, 5.41) is 0. The monoisotopic (exact) mass is 271 g/mol. The van der Waals surface area contributed by atoms with Crippen molar-refractivity contribution in [2.75, 3.05) is 20.1 Å². The van der Waals surface area contributed by atoms with E-state index in [1.54, 1.807) is 0 Å². The molecule has 0 aliphatic carbocycles. The Labute approximate surface area is 121 Å². The van der Waals surface area contributed by atoms with Crippen molar-refractivity contribution in [1.82, 2.24) is 14.5 Å². The fourth-order valence-electron chi connectivity index (χ4n) is 3.31. The van der Waals surface area contributed by atoms with Crippen LogP contribution < -0.4 is 0 Å². The summed E-state index contributed by atoms with van der Waals surface area (Å²) in [6, 6.07) is 7.40. The molecule has 1 aromatic heterocycles. The highest BCUT2D eigenvalue weighted by molar-refractivity contribution is 5.77. The maximum atomic E-state index is 4.80. The molecule has 2 aromatic rings. The molecule has 1 saturated heterocycles. The van der Waals surface area contributed by atoms with E-state index in [9.17, 15) is 0 Å². The lowest BCUT2D eigenvalue weighted by molar-refractivity contribution is 0.222. The van der Waals surface area contributed by atoms with Crippen LogP contribution >= 0.6 is 0 Å². The van der Waals surface area contributed by atoms with Crippen LogP contribution in [0.5, 0.6) is 0 Å². The molecule has 3 heteroatoms. The van der Waals surface area contributed by atoms with Crippen molar-refractivity contribution < 1.29 is 0 Å². The molecule has 3 rings (SSSR count). The van der Waals surface area contributed by atoms with Gasteiger partial charge in [-0.2, -0.15) is 0 Å². The lowest BCUT2D eigenvalue weighted by atomic mass is 10.0. The summed E-state index contributed by atoms with van der Waals surface area (Å²) in [5.41, 5.74) is 3.85. The Balaban J connectivity index is 2.00. The summed E-state index contributed by atoms with van der Waals surface area (Å²) >= 11 is 0. The molecule has 2 heterocycles. The number of hydrogen-bond donors (Lipinski definition) is 0. The zero-order valence-corrected chi connectivity index (χ0v) is 13.1. The topological polar surface area (TPSA) is 21.1 Å². The second-order valence-electron chi connectivity index (χ2n) is 6.47. The minimum atomic E-state index is 0.563. The van der Waals surface area contributed by atoms with Gasteiger partial charge >= 0.3 is 0 Å². The number of benzene rings is 1. The number of hydrogen-bond acceptors (Lipinski definition) is 2. The fraction of sp³-hybridized carbons (Fsp3) is 0.588. The molecule has 0 saturated carbocycles. The van der Waals surface area contributed by atoms with E-state index in [1.165, 1.54) is 37.0 Å². The molecule has 1 aromatic carbocycles. The van der Waals surface area contributed by atoms with E-state index < -0.39 is 0 Å². The van der Waals surface area contributed by atoms with Crippen molar-refractivity contribution in [3.8, 4) is 0 Å². The molecule has 0 radical (unpaired) electrons. The van der Waals surface area contributed by atoms with Crippen molar-refractivity contribution in [3.63, 3.8) is 0 Å². The summed E-state index contributed by atoms with van der Waals surface area (Å²) in [7, 11) is 2.21. The Kier molecular flexibility index (Phi) is 3.55. The molecule has 108 valence electrons. The first kappa shape index (κ1) is 13.6. The van der Waals surface area contributed by atoms with Crippen LogP contribution in [-0.2, 0) is 0 Å². The molecular weight excluding hydrogens is 246 g/mol. The van der Waals surface area contributed by atoms with Gasteiger partial charge in [0.1, 0.15) is 5.82 Å². The molecule has 0 amide bonds. The molecule has 1 aliphatic heterocycles. The number of imidazole rings is 1. The summed E-state index contributed by atoms with van der Waals surface area (Å²) in [4.78, 5) is 7.22. The van der Waals surface area contributed by atoms with Crippen LogP contribution in [0.1, 0.15) is 50.0 Å². The van der Waals surface area contributed by atoms with Crippen LogP contribution in [0.3, 0.4) is 0 Å². The average Bonchev–Trinajstić information content (AvgIpc) is 2.74. The first-order valence-corrected chi connectivity index (χ1v) is 7.73. The summed E-state index contributed by atoms with van der Waals surface area (Å²) in [5.74, 6) is 1.73. The van der Waals surface area contributed by atoms with Crippen LogP contribution in [0.2, 0.25) is 0 Å².